The van der Waals surface area contributed by atoms with Gasteiger partial charge in [0.05, 0.1) is 4.91 Å². The Kier molecular flexibility index (Phi) is 3.52. The molecule has 2 aromatic rings. The number of aliphatic imine (C=N–C) groups is 1. The molecule has 0 aromatic heterocycles. The monoisotopic (exact) mass is 279 g/mol. The Labute approximate surface area is 122 Å². The lowest BCUT2D eigenvalue weighted by atomic mass is 10.1. The minimum atomic E-state index is -0.157. The highest BCUT2D eigenvalue weighted by Crippen LogP contribution is 2.31. The van der Waals surface area contributed by atoms with Crippen LogP contribution in [-0.4, -0.2) is 11.0 Å². The predicted molar refractivity (Wildman–Crippen MR) is 84.7 cm³/mol. The maximum Gasteiger partial charge on any atom is 0.284 e. The zero-order valence-corrected chi connectivity index (χ0v) is 11.9. The van der Waals surface area contributed by atoms with E-state index in [9.17, 15) is 4.79 Å². The van der Waals surface area contributed by atoms with Gasteiger partial charge in [-0.2, -0.15) is 0 Å². The fraction of sp³-hybridized carbons (Fsp3) is 0.0588. The van der Waals surface area contributed by atoms with Crippen molar-refractivity contribution in [3.05, 3.63) is 76.2 Å². The van der Waals surface area contributed by atoms with Crippen LogP contribution in [0.2, 0.25) is 0 Å². The van der Waals surface area contributed by atoms with E-state index < -0.39 is 0 Å². The van der Waals surface area contributed by atoms with Crippen molar-refractivity contribution < 1.29 is 4.79 Å². The summed E-state index contributed by atoms with van der Waals surface area (Å²) in [4.78, 5) is 16.8. The van der Waals surface area contributed by atoms with Crippen LogP contribution in [0.3, 0.4) is 0 Å². The van der Waals surface area contributed by atoms with Gasteiger partial charge in [0.2, 0.25) is 0 Å². The number of carbonyl (C=O) groups is 1. The summed E-state index contributed by atoms with van der Waals surface area (Å²) in [5, 5.41) is 0.773. The van der Waals surface area contributed by atoms with E-state index in [2.05, 4.69) is 11.1 Å². The third-order valence-electron chi connectivity index (χ3n) is 2.98. The van der Waals surface area contributed by atoms with Crippen molar-refractivity contribution in [2.75, 3.05) is 0 Å². The second-order valence-electron chi connectivity index (χ2n) is 4.61. The molecular formula is C17H13NOS. The second-order valence-corrected chi connectivity index (χ2v) is 5.64. The summed E-state index contributed by atoms with van der Waals surface area (Å²) in [6, 6.07) is 17.9. The molecule has 1 amide bonds. The number of hydrogen-bond donors (Lipinski definition) is 0. The van der Waals surface area contributed by atoms with Gasteiger partial charge in [-0.15, -0.1) is 0 Å². The molecule has 0 fully saturated rings. The molecule has 0 atom stereocenters. The molecule has 3 rings (SSSR count). The van der Waals surface area contributed by atoms with Crippen LogP contribution < -0.4 is 0 Å². The zero-order chi connectivity index (χ0) is 13.9. The number of rotatable bonds is 2. The van der Waals surface area contributed by atoms with Crippen LogP contribution in [0.5, 0.6) is 0 Å². The molecule has 0 radical (unpaired) electrons. The summed E-state index contributed by atoms with van der Waals surface area (Å²) in [6.07, 6.45) is 1.90. The fourth-order valence-corrected chi connectivity index (χ4v) is 2.94. The summed E-state index contributed by atoms with van der Waals surface area (Å²) < 4.78 is 0. The Morgan fingerprint density at radius 2 is 1.85 bits per heavy atom. The molecule has 0 saturated heterocycles. The Hall–Kier alpha value is -2.13. The maximum atomic E-state index is 12.0. The van der Waals surface area contributed by atoms with E-state index in [1.54, 1.807) is 0 Å². The highest BCUT2D eigenvalue weighted by molar-refractivity contribution is 8.19. The first-order chi connectivity index (χ1) is 9.72. The third-order valence-corrected chi connectivity index (χ3v) is 4.01. The van der Waals surface area contributed by atoms with Crippen molar-refractivity contribution in [2.24, 2.45) is 4.99 Å². The van der Waals surface area contributed by atoms with Gasteiger partial charge in [0, 0.05) is 5.56 Å². The molecule has 0 saturated carbocycles. The number of nitrogens with zero attached hydrogens (tertiary/aromatic N) is 1. The minimum Gasteiger partial charge on any atom is -0.266 e. The van der Waals surface area contributed by atoms with Crippen LogP contribution in [0, 0.1) is 6.92 Å². The summed E-state index contributed by atoms with van der Waals surface area (Å²) in [5.41, 5.74) is 3.20. The molecule has 3 heteroatoms. The Morgan fingerprint density at radius 3 is 2.60 bits per heavy atom. The van der Waals surface area contributed by atoms with Crippen LogP contribution in [0.4, 0.5) is 0 Å². The lowest BCUT2D eigenvalue weighted by Crippen LogP contribution is -1.89. The largest absolute Gasteiger partial charge is 0.284 e. The first kappa shape index (κ1) is 12.9. The molecule has 98 valence electrons. The predicted octanol–water partition coefficient (Wildman–Crippen LogP) is 4.06. The van der Waals surface area contributed by atoms with Gasteiger partial charge in [-0.3, -0.25) is 4.79 Å². The van der Waals surface area contributed by atoms with Crippen molar-refractivity contribution in [3.8, 4) is 0 Å². The standard InChI is InChI=1S/C17H13NOS/c1-12-6-5-7-13(10-12)11-15-16(19)18-17(20-15)14-8-3-2-4-9-14/h2-11H,1H3/b15-11-. The Bertz CT molecular complexity index is 717. The molecule has 20 heavy (non-hydrogen) atoms. The smallest absolute Gasteiger partial charge is 0.266 e. The van der Waals surface area contributed by atoms with Crippen LogP contribution in [0.15, 0.2) is 64.5 Å². The summed E-state index contributed by atoms with van der Waals surface area (Å²) >= 11 is 1.43. The third kappa shape index (κ3) is 2.73. The fourth-order valence-electron chi connectivity index (χ4n) is 2.02. The van der Waals surface area contributed by atoms with Crippen LogP contribution >= 0.6 is 11.8 Å². The zero-order valence-electron chi connectivity index (χ0n) is 11.0. The molecule has 1 aliphatic rings. The summed E-state index contributed by atoms with van der Waals surface area (Å²) in [7, 11) is 0. The second kappa shape index (κ2) is 5.47. The number of carbonyl (C=O) groups excluding carboxylic acids is 1. The van der Waals surface area contributed by atoms with Crippen LogP contribution in [0.1, 0.15) is 16.7 Å². The van der Waals surface area contributed by atoms with Crippen LogP contribution in [0.25, 0.3) is 6.08 Å². The molecule has 0 spiro atoms. The van der Waals surface area contributed by atoms with Gasteiger partial charge in [-0.05, 0) is 18.6 Å². The molecule has 0 aliphatic carbocycles. The number of benzene rings is 2. The van der Waals surface area contributed by atoms with E-state index in [1.807, 2.05) is 61.5 Å². The normalized spacial score (nSPS) is 16.6. The highest BCUT2D eigenvalue weighted by atomic mass is 32.2. The number of hydrogen-bond acceptors (Lipinski definition) is 2. The molecule has 2 nitrogen and oxygen atoms in total. The van der Waals surface area contributed by atoms with Gasteiger partial charge in [-0.1, -0.05) is 71.9 Å². The van der Waals surface area contributed by atoms with E-state index in [4.69, 9.17) is 0 Å². The van der Waals surface area contributed by atoms with Gasteiger partial charge in [0.25, 0.3) is 5.91 Å². The van der Waals surface area contributed by atoms with E-state index >= 15 is 0 Å². The summed E-state index contributed by atoms with van der Waals surface area (Å²) in [5.74, 6) is -0.157. The average molecular weight is 279 g/mol. The number of amides is 1. The molecule has 2 aromatic carbocycles. The lowest BCUT2D eigenvalue weighted by molar-refractivity contribution is -0.113. The number of thioether (sulfide) groups is 1. The molecule has 0 N–H and O–H groups in total. The first-order valence-corrected chi connectivity index (χ1v) is 7.19. The lowest BCUT2D eigenvalue weighted by Gasteiger charge is -1.99. The topological polar surface area (TPSA) is 29.4 Å². The molecule has 1 heterocycles. The molecule has 1 aliphatic heterocycles. The minimum absolute atomic E-state index is 0.157. The quantitative estimate of drug-likeness (QED) is 0.776. The summed E-state index contributed by atoms with van der Waals surface area (Å²) in [6.45, 7) is 2.04. The van der Waals surface area contributed by atoms with Gasteiger partial charge < -0.3 is 0 Å². The van der Waals surface area contributed by atoms with Gasteiger partial charge in [0.15, 0.2) is 0 Å². The van der Waals surface area contributed by atoms with Crippen LogP contribution in [-0.2, 0) is 4.79 Å². The van der Waals surface area contributed by atoms with Crippen molar-refractivity contribution in [1.82, 2.24) is 0 Å². The maximum absolute atomic E-state index is 12.0. The van der Waals surface area contributed by atoms with E-state index in [-0.39, 0.29) is 5.91 Å². The van der Waals surface area contributed by atoms with Gasteiger partial charge in [0.1, 0.15) is 5.04 Å². The number of aryl methyl sites for hydroxylation is 1. The highest BCUT2D eigenvalue weighted by Gasteiger charge is 2.22. The first-order valence-electron chi connectivity index (χ1n) is 6.37. The van der Waals surface area contributed by atoms with Crippen molar-refractivity contribution >= 4 is 28.8 Å². The van der Waals surface area contributed by atoms with Crippen molar-refractivity contribution in [2.45, 2.75) is 6.92 Å². The van der Waals surface area contributed by atoms with Crippen molar-refractivity contribution in [1.29, 1.82) is 0 Å². The van der Waals surface area contributed by atoms with Gasteiger partial charge in [-0.25, -0.2) is 4.99 Å². The Balaban J connectivity index is 1.87. The molecular weight excluding hydrogens is 266 g/mol. The SMILES string of the molecule is Cc1cccc(/C=C2\SC(c3ccccc3)=NC2=O)c1. The van der Waals surface area contributed by atoms with Gasteiger partial charge >= 0.3 is 0 Å². The van der Waals surface area contributed by atoms with E-state index in [1.165, 1.54) is 17.3 Å². The molecule has 0 bridgehead atoms. The Morgan fingerprint density at radius 1 is 1.05 bits per heavy atom. The average Bonchev–Trinajstić information content (AvgIpc) is 2.81. The van der Waals surface area contributed by atoms with Crippen molar-refractivity contribution in [3.63, 3.8) is 0 Å². The molecule has 0 unspecified atom stereocenters. The van der Waals surface area contributed by atoms with E-state index in [0.29, 0.717) is 4.91 Å². The van der Waals surface area contributed by atoms with E-state index in [0.717, 1.165) is 16.2 Å².